The molecule has 6 heteroatoms. The van der Waals surface area contributed by atoms with Crippen molar-refractivity contribution < 1.29 is 9.53 Å². The van der Waals surface area contributed by atoms with Crippen LogP contribution in [0.25, 0.3) is 0 Å². The molecule has 1 aromatic carbocycles. The molecule has 2 rings (SSSR count). The topological polar surface area (TPSA) is 90.1 Å². The van der Waals surface area contributed by atoms with E-state index < -0.39 is 0 Å². The molecule has 0 fully saturated rings. The number of aromatic nitrogens is 2. The molecule has 0 aliphatic rings. The predicted octanol–water partition coefficient (Wildman–Crippen LogP) is 2.10. The highest BCUT2D eigenvalue weighted by Gasteiger charge is 2.08. The van der Waals surface area contributed by atoms with Crippen molar-refractivity contribution in [3.05, 3.63) is 42.1 Å². The summed E-state index contributed by atoms with van der Waals surface area (Å²) in [6.45, 7) is 2.72. The van der Waals surface area contributed by atoms with E-state index in [9.17, 15) is 4.79 Å². The molecular weight excluding hydrogens is 256 g/mol. The summed E-state index contributed by atoms with van der Waals surface area (Å²) in [4.78, 5) is 11.9. The van der Waals surface area contributed by atoms with Crippen LogP contribution in [0.4, 0.5) is 11.5 Å². The summed E-state index contributed by atoms with van der Waals surface area (Å²) in [5.41, 5.74) is 6.29. The number of nitrogens with one attached hydrogen (secondary N) is 1. The first-order valence-electron chi connectivity index (χ1n) is 6.32. The number of nitrogens with two attached hydrogens (primary N) is 1. The third kappa shape index (κ3) is 3.68. The number of benzene rings is 1. The third-order valence-corrected chi connectivity index (χ3v) is 2.50. The van der Waals surface area contributed by atoms with E-state index in [1.807, 2.05) is 6.92 Å². The molecule has 0 aliphatic heterocycles. The van der Waals surface area contributed by atoms with Gasteiger partial charge in [0.05, 0.1) is 6.61 Å². The monoisotopic (exact) mass is 272 g/mol. The van der Waals surface area contributed by atoms with Crippen molar-refractivity contribution in [2.75, 3.05) is 17.7 Å². The highest BCUT2D eigenvalue weighted by molar-refractivity contribution is 6.02. The summed E-state index contributed by atoms with van der Waals surface area (Å²) in [5.74, 6) is 0.718. The quantitative estimate of drug-likeness (QED) is 0.869. The van der Waals surface area contributed by atoms with Crippen LogP contribution in [0.1, 0.15) is 23.8 Å². The molecule has 3 N–H and O–H groups in total. The molecule has 0 atom stereocenters. The fourth-order valence-corrected chi connectivity index (χ4v) is 1.51. The zero-order valence-corrected chi connectivity index (χ0v) is 11.2. The number of rotatable bonds is 5. The van der Waals surface area contributed by atoms with E-state index >= 15 is 0 Å². The van der Waals surface area contributed by atoms with E-state index in [1.165, 1.54) is 12.1 Å². The zero-order chi connectivity index (χ0) is 14.4. The van der Waals surface area contributed by atoms with Gasteiger partial charge in [-0.15, -0.1) is 10.2 Å². The number of carbonyl (C=O) groups excluding carboxylic acids is 1. The minimum Gasteiger partial charge on any atom is -0.494 e. The Morgan fingerprint density at radius 2 is 1.95 bits per heavy atom. The van der Waals surface area contributed by atoms with Crippen LogP contribution in [0, 0.1) is 0 Å². The molecular formula is C14H16N4O2. The maximum Gasteiger partial charge on any atom is 0.276 e. The van der Waals surface area contributed by atoms with Gasteiger partial charge in [-0.2, -0.15) is 0 Å². The Morgan fingerprint density at radius 3 is 2.55 bits per heavy atom. The van der Waals surface area contributed by atoms with E-state index in [2.05, 4.69) is 15.5 Å². The lowest BCUT2D eigenvalue weighted by atomic mass is 10.3. The Kier molecular flexibility index (Phi) is 4.49. The molecule has 0 bridgehead atoms. The standard InChI is InChI=1S/C14H16N4O2/c1-2-9-20-11-5-3-10(4-6-11)16-14(19)12-7-8-13(15)18-17-12/h3-8H,2,9H2,1H3,(H2,15,18)(H,16,19). The maximum absolute atomic E-state index is 11.9. The molecule has 1 heterocycles. The molecule has 2 aromatic rings. The van der Waals surface area contributed by atoms with Gasteiger partial charge in [0.15, 0.2) is 5.69 Å². The van der Waals surface area contributed by atoms with Gasteiger partial charge in [0.25, 0.3) is 5.91 Å². The lowest BCUT2D eigenvalue weighted by Crippen LogP contribution is -2.14. The van der Waals surface area contributed by atoms with Crippen molar-refractivity contribution in [1.82, 2.24) is 10.2 Å². The minimum absolute atomic E-state index is 0.213. The molecule has 104 valence electrons. The molecule has 0 radical (unpaired) electrons. The summed E-state index contributed by atoms with van der Waals surface area (Å²) >= 11 is 0. The highest BCUT2D eigenvalue weighted by Crippen LogP contribution is 2.16. The zero-order valence-electron chi connectivity index (χ0n) is 11.2. The number of hydrogen-bond donors (Lipinski definition) is 2. The largest absolute Gasteiger partial charge is 0.494 e. The Hall–Kier alpha value is -2.63. The Morgan fingerprint density at radius 1 is 1.20 bits per heavy atom. The molecule has 0 saturated heterocycles. The average Bonchev–Trinajstić information content (AvgIpc) is 2.47. The van der Waals surface area contributed by atoms with Crippen molar-refractivity contribution >= 4 is 17.4 Å². The van der Waals surface area contributed by atoms with E-state index in [1.54, 1.807) is 24.3 Å². The maximum atomic E-state index is 11.9. The van der Waals surface area contributed by atoms with E-state index in [0.717, 1.165) is 12.2 Å². The number of ether oxygens (including phenoxy) is 1. The van der Waals surface area contributed by atoms with Gasteiger partial charge >= 0.3 is 0 Å². The summed E-state index contributed by atoms with van der Waals surface area (Å²) in [6.07, 6.45) is 0.953. The van der Waals surface area contributed by atoms with Gasteiger partial charge in [-0.05, 0) is 42.8 Å². The van der Waals surface area contributed by atoms with Gasteiger partial charge in [-0.25, -0.2) is 0 Å². The summed E-state index contributed by atoms with van der Waals surface area (Å²) in [5, 5.41) is 10.1. The second-order valence-corrected chi connectivity index (χ2v) is 4.17. The molecule has 1 amide bonds. The normalized spacial score (nSPS) is 10.1. The molecule has 0 unspecified atom stereocenters. The van der Waals surface area contributed by atoms with Crippen molar-refractivity contribution in [3.8, 4) is 5.75 Å². The van der Waals surface area contributed by atoms with E-state index in [-0.39, 0.29) is 17.4 Å². The average molecular weight is 272 g/mol. The van der Waals surface area contributed by atoms with Crippen LogP contribution in [0.15, 0.2) is 36.4 Å². The second-order valence-electron chi connectivity index (χ2n) is 4.17. The van der Waals surface area contributed by atoms with Gasteiger partial charge in [0.2, 0.25) is 0 Å². The van der Waals surface area contributed by atoms with Gasteiger partial charge in [-0.1, -0.05) is 6.92 Å². The van der Waals surface area contributed by atoms with Crippen molar-refractivity contribution in [3.63, 3.8) is 0 Å². The molecule has 20 heavy (non-hydrogen) atoms. The van der Waals surface area contributed by atoms with Gasteiger partial charge in [0.1, 0.15) is 11.6 Å². The van der Waals surface area contributed by atoms with Crippen molar-refractivity contribution in [2.24, 2.45) is 0 Å². The number of hydrogen-bond acceptors (Lipinski definition) is 5. The SMILES string of the molecule is CCCOc1ccc(NC(=O)c2ccc(N)nn2)cc1. The van der Waals surface area contributed by atoms with Crippen LogP contribution in [0.3, 0.4) is 0 Å². The fraction of sp³-hybridized carbons (Fsp3) is 0.214. The fourth-order valence-electron chi connectivity index (χ4n) is 1.51. The Labute approximate surface area is 117 Å². The summed E-state index contributed by atoms with van der Waals surface area (Å²) < 4.78 is 5.46. The lowest BCUT2D eigenvalue weighted by molar-refractivity contribution is 0.102. The van der Waals surface area contributed by atoms with Crippen LogP contribution in [-0.2, 0) is 0 Å². The number of anilines is 2. The van der Waals surface area contributed by atoms with Crippen LogP contribution in [0.5, 0.6) is 5.75 Å². The third-order valence-electron chi connectivity index (χ3n) is 2.50. The first kappa shape index (κ1) is 13.8. The lowest BCUT2D eigenvalue weighted by Gasteiger charge is -2.07. The van der Waals surface area contributed by atoms with Crippen LogP contribution in [0.2, 0.25) is 0 Å². The molecule has 1 aromatic heterocycles. The molecule has 0 spiro atoms. The molecule has 6 nitrogen and oxygen atoms in total. The Bertz CT molecular complexity index is 567. The van der Waals surface area contributed by atoms with E-state index in [0.29, 0.717) is 12.3 Å². The number of amides is 1. The van der Waals surface area contributed by atoms with E-state index in [4.69, 9.17) is 10.5 Å². The second kappa shape index (κ2) is 6.51. The first-order valence-corrected chi connectivity index (χ1v) is 6.32. The van der Waals surface area contributed by atoms with Crippen LogP contribution >= 0.6 is 0 Å². The first-order chi connectivity index (χ1) is 9.69. The minimum atomic E-state index is -0.334. The van der Waals surface area contributed by atoms with Crippen molar-refractivity contribution in [1.29, 1.82) is 0 Å². The summed E-state index contributed by atoms with van der Waals surface area (Å²) in [6, 6.07) is 10.2. The highest BCUT2D eigenvalue weighted by atomic mass is 16.5. The predicted molar refractivity (Wildman–Crippen MR) is 76.6 cm³/mol. The number of carbonyl (C=O) groups is 1. The Balaban J connectivity index is 1.99. The molecule has 0 aliphatic carbocycles. The van der Waals surface area contributed by atoms with Gasteiger partial charge in [-0.3, -0.25) is 4.79 Å². The molecule has 0 saturated carbocycles. The summed E-state index contributed by atoms with van der Waals surface area (Å²) in [7, 11) is 0. The van der Waals surface area contributed by atoms with Crippen molar-refractivity contribution in [2.45, 2.75) is 13.3 Å². The van der Waals surface area contributed by atoms with Crippen LogP contribution in [-0.4, -0.2) is 22.7 Å². The van der Waals surface area contributed by atoms with Gasteiger partial charge < -0.3 is 15.8 Å². The smallest absolute Gasteiger partial charge is 0.276 e. The van der Waals surface area contributed by atoms with Gasteiger partial charge in [0, 0.05) is 5.69 Å². The van der Waals surface area contributed by atoms with Crippen LogP contribution < -0.4 is 15.8 Å². The number of nitrogen functional groups attached to an aromatic ring is 1. The number of nitrogens with zero attached hydrogens (tertiary/aromatic N) is 2.